The Morgan fingerprint density at radius 3 is 2.38 bits per heavy atom. The molecule has 146 valence electrons. The van der Waals surface area contributed by atoms with Crippen LogP contribution in [-0.4, -0.2) is 35.0 Å². The van der Waals surface area contributed by atoms with Crippen LogP contribution in [0.4, 0.5) is 10.8 Å². The molecule has 29 heavy (non-hydrogen) atoms. The molecule has 2 aromatic heterocycles. The Morgan fingerprint density at radius 2 is 1.76 bits per heavy atom. The number of benzene rings is 2. The number of aromatic nitrogens is 3. The van der Waals surface area contributed by atoms with E-state index in [1.807, 2.05) is 55.4 Å². The van der Waals surface area contributed by atoms with Crippen LogP contribution in [-0.2, 0) is 0 Å². The van der Waals surface area contributed by atoms with Crippen LogP contribution in [0, 0.1) is 0 Å². The van der Waals surface area contributed by atoms with Gasteiger partial charge < -0.3 is 9.88 Å². The van der Waals surface area contributed by atoms with Gasteiger partial charge in [-0.05, 0) is 36.4 Å². The largest absolute Gasteiger partial charge is 0.378 e. The van der Waals surface area contributed by atoms with Gasteiger partial charge in [0, 0.05) is 47.5 Å². The molecule has 0 bridgehead atoms. The zero-order valence-corrected chi connectivity index (χ0v) is 17.4. The Hall–Kier alpha value is -3.16. The van der Waals surface area contributed by atoms with E-state index in [9.17, 15) is 4.79 Å². The summed E-state index contributed by atoms with van der Waals surface area (Å²) in [4.78, 5) is 26.9. The van der Waals surface area contributed by atoms with Gasteiger partial charge in [-0.25, -0.2) is 9.97 Å². The second kappa shape index (κ2) is 8.06. The van der Waals surface area contributed by atoms with Gasteiger partial charge in [-0.15, -0.1) is 11.3 Å². The minimum atomic E-state index is -0.298. The van der Waals surface area contributed by atoms with Crippen LogP contribution in [0.1, 0.15) is 10.5 Å². The molecular weight excluding hydrogens is 406 g/mol. The van der Waals surface area contributed by atoms with E-state index < -0.39 is 0 Å². The van der Waals surface area contributed by atoms with Crippen molar-refractivity contribution in [3.05, 3.63) is 70.8 Å². The Morgan fingerprint density at radius 1 is 1.07 bits per heavy atom. The van der Waals surface area contributed by atoms with Crippen LogP contribution >= 0.6 is 22.9 Å². The molecule has 2 N–H and O–H groups in total. The highest BCUT2D eigenvalue weighted by Gasteiger charge is 2.20. The van der Waals surface area contributed by atoms with Crippen molar-refractivity contribution in [1.82, 2.24) is 15.0 Å². The van der Waals surface area contributed by atoms with Gasteiger partial charge in [-0.1, -0.05) is 23.7 Å². The molecule has 8 heteroatoms. The number of anilines is 2. The summed E-state index contributed by atoms with van der Waals surface area (Å²) in [6.07, 6.45) is 1.64. The molecule has 0 aliphatic rings. The first-order valence-corrected chi connectivity index (χ1v) is 10.1. The second-order valence-electron chi connectivity index (χ2n) is 6.55. The summed E-state index contributed by atoms with van der Waals surface area (Å²) in [7, 11) is 3.98. The highest BCUT2D eigenvalue weighted by atomic mass is 35.5. The number of halogens is 1. The van der Waals surface area contributed by atoms with E-state index in [0.717, 1.165) is 16.8 Å². The molecule has 0 fully saturated rings. The van der Waals surface area contributed by atoms with Gasteiger partial charge in [-0.3, -0.25) is 10.1 Å². The number of amides is 1. The van der Waals surface area contributed by atoms with Gasteiger partial charge in [0.2, 0.25) is 0 Å². The van der Waals surface area contributed by atoms with E-state index in [1.165, 1.54) is 11.3 Å². The summed E-state index contributed by atoms with van der Waals surface area (Å²) in [5.74, 6) is 0.318. The molecule has 2 heterocycles. The van der Waals surface area contributed by atoms with Gasteiger partial charge in [0.05, 0.1) is 0 Å². The van der Waals surface area contributed by atoms with Crippen molar-refractivity contribution >= 4 is 39.7 Å². The first-order valence-electron chi connectivity index (χ1n) is 8.86. The van der Waals surface area contributed by atoms with E-state index in [-0.39, 0.29) is 5.91 Å². The fraction of sp³-hybridized carbons (Fsp3) is 0.0952. The zero-order valence-electron chi connectivity index (χ0n) is 15.8. The average Bonchev–Trinajstić information content (AvgIpc) is 3.38. The van der Waals surface area contributed by atoms with Crippen molar-refractivity contribution < 1.29 is 4.79 Å². The maximum Gasteiger partial charge on any atom is 0.276 e. The van der Waals surface area contributed by atoms with Crippen LogP contribution in [0.2, 0.25) is 5.02 Å². The highest BCUT2D eigenvalue weighted by molar-refractivity contribution is 7.13. The monoisotopic (exact) mass is 423 g/mol. The Kier molecular flexibility index (Phi) is 5.33. The standard InChI is InChI=1S/C21H18ClN5OS/c1-27(2)16-9-5-14(6-10-16)19-24-17(13-3-7-15(22)8-4-13)18(25-19)20(28)26-21-23-11-12-29-21/h3-12H,1-2H3,(H,24,25)(H,23,26,28). The number of thiazole rings is 1. The molecule has 0 saturated carbocycles. The first kappa shape index (κ1) is 19.2. The number of hydrogen-bond acceptors (Lipinski definition) is 5. The molecule has 0 atom stereocenters. The van der Waals surface area contributed by atoms with Gasteiger partial charge in [0.1, 0.15) is 17.2 Å². The molecule has 1 amide bonds. The molecule has 0 spiro atoms. The summed E-state index contributed by atoms with van der Waals surface area (Å²) < 4.78 is 0. The van der Waals surface area contributed by atoms with Crippen molar-refractivity contribution in [3.8, 4) is 22.6 Å². The number of nitrogens with one attached hydrogen (secondary N) is 2. The van der Waals surface area contributed by atoms with Crippen molar-refractivity contribution in [1.29, 1.82) is 0 Å². The minimum Gasteiger partial charge on any atom is -0.378 e. The van der Waals surface area contributed by atoms with Crippen molar-refractivity contribution in [3.63, 3.8) is 0 Å². The Bertz CT molecular complexity index is 1120. The average molecular weight is 424 g/mol. The molecule has 4 aromatic rings. The van der Waals surface area contributed by atoms with E-state index in [4.69, 9.17) is 16.6 Å². The number of aromatic amines is 1. The van der Waals surface area contributed by atoms with Crippen LogP contribution in [0.3, 0.4) is 0 Å². The lowest BCUT2D eigenvalue weighted by Crippen LogP contribution is -2.13. The molecule has 0 radical (unpaired) electrons. The van der Waals surface area contributed by atoms with Crippen molar-refractivity contribution in [2.75, 3.05) is 24.3 Å². The minimum absolute atomic E-state index is 0.298. The first-order chi connectivity index (χ1) is 14.0. The lowest BCUT2D eigenvalue weighted by Gasteiger charge is -2.12. The SMILES string of the molecule is CN(C)c1ccc(-c2nc(-c3ccc(Cl)cc3)c(C(=O)Nc3nccs3)[nH]2)cc1. The third kappa shape index (κ3) is 4.16. The van der Waals surface area contributed by atoms with E-state index in [0.29, 0.717) is 27.4 Å². The fourth-order valence-corrected chi connectivity index (χ4v) is 3.50. The van der Waals surface area contributed by atoms with E-state index >= 15 is 0 Å². The fourth-order valence-electron chi connectivity index (χ4n) is 2.85. The molecular formula is C21H18ClN5OS. The van der Waals surface area contributed by atoms with Crippen LogP contribution < -0.4 is 10.2 Å². The summed E-state index contributed by atoms with van der Waals surface area (Å²) in [5, 5.41) is 5.77. The predicted molar refractivity (Wildman–Crippen MR) is 119 cm³/mol. The van der Waals surface area contributed by atoms with Gasteiger partial charge >= 0.3 is 0 Å². The number of hydrogen-bond donors (Lipinski definition) is 2. The third-order valence-corrected chi connectivity index (χ3v) is 5.30. The number of carbonyl (C=O) groups is 1. The smallest absolute Gasteiger partial charge is 0.276 e. The number of imidazole rings is 1. The maximum absolute atomic E-state index is 12.9. The lowest BCUT2D eigenvalue weighted by molar-refractivity contribution is 0.102. The molecule has 0 aliphatic heterocycles. The molecule has 0 saturated heterocycles. The quantitative estimate of drug-likeness (QED) is 0.464. The number of carbonyl (C=O) groups excluding carboxylic acids is 1. The third-order valence-electron chi connectivity index (χ3n) is 4.36. The molecule has 2 aromatic carbocycles. The predicted octanol–water partition coefficient (Wildman–Crippen LogP) is 5.17. The number of nitrogens with zero attached hydrogens (tertiary/aromatic N) is 3. The maximum atomic E-state index is 12.9. The van der Waals surface area contributed by atoms with E-state index in [1.54, 1.807) is 23.7 Å². The normalized spacial score (nSPS) is 10.7. The van der Waals surface area contributed by atoms with Gasteiger partial charge in [0.15, 0.2) is 5.13 Å². The van der Waals surface area contributed by atoms with Gasteiger partial charge in [-0.2, -0.15) is 0 Å². The van der Waals surface area contributed by atoms with Gasteiger partial charge in [0.25, 0.3) is 5.91 Å². The number of H-pyrrole nitrogens is 1. The Labute approximate surface area is 177 Å². The van der Waals surface area contributed by atoms with Crippen LogP contribution in [0.5, 0.6) is 0 Å². The molecule has 6 nitrogen and oxygen atoms in total. The summed E-state index contributed by atoms with van der Waals surface area (Å²) >= 11 is 7.38. The van der Waals surface area contributed by atoms with E-state index in [2.05, 4.69) is 15.3 Å². The zero-order chi connectivity index (χ0) is 20.4. The number of rotatable bonds is 5. The summed E-state index contributed by atoms with van der Waals surface area (Å²) in [5.41, 5.74) is 3.70. The van der Waals surface area contributed by atoms with Crippen molar-refractivity contribution in [2.45, 2.75) is 0 Å². The second-order valence-corrected chi connectivity index (χ2v) is 7.88. The topological polar surface area (TPSA) is 73.9 Å². The molecule has 0 unspecified atom stereocenters. The molecule has 0 aliphatic carbocycles. The van der Waals surface area contributed by atoms with Crippen molar-refractivity contribution in [2.24, 2.45) is 0 Å². The molecule has 4 rings (SSSR count). The summed E-state index contributed by atoms with van der Waals surface area (Å²) in [6.45, 7) is 0. The Balaban J connectivity index is 1.75. The van der Waals surface area contributed by atoms with Crippen LogP contribution in [0.15, 0.2) is 60.1 Å². The lowest BCUT2D eigenvalue weighted by atomic mass is 10.1. The summed E-state index contributed by atoms with van der Waals surface area (Å²) in [6, 6.07) is 15.2. The van der Waals surface area contributed by atoms with Crippen LogP contribution in [0.25, 0.3) is 22.6 Å². The highest BCUT2D eigenvalue weighted by Crippen LogP contribution is 2.29.